The fraction of sp³-hybridized carbons (Fsp3) is 0.588. The Labute approximate surface area is 148 Å². The lowest BCUT2D eigenvalue weighted by molar-refractivity contribution is -0.116. The fourth-order valence-electron chi connectivity index (χ4n) is 3.31. The van der Waals surface area contributed by atoms with Crippen LogP contribution in [-0.4, -0.2) is 43.5 Å². The van der Waals surface area contributed by atoms with E-state index in [0.717, 1.165) is 36.3 Å². The third kappa shape index (κ3) is 3.48. The zero-order valence-electron chi connectivity index (χ0n) is 14.2. The van der Waals surface area contributed by atoms with Crippen LogP contribution in [0, 0.1) is 0 Å². The molecular formula is C17H24N2O3S2. The molecule has 2 heterocycles. The first-order chi connectivity index (χ1) is 11.4. The number of sulfonamides is 1. The highest BCUT2D eigenvalue weighted by molar-refractivity contribution is 8.00. The molecule has 0 N–H and O–H groups in total. The summed E-state index contributed by atoms with van der Waals surface area (Å²) in [6.07, 6.45) is 4.00. The molecule has 24 heavy (non-hydrogen) atoms. The lowest BCUT2D eigenvalue weighted by Gasteiger charge is -2.32. The standard InChI is InChI=1S/C17H24N2O3S2/c1-13-12-19(14(2)20)16-11-15(7-8-17(16)23-13)24(21,22)18-9-5-3-4-6-10-18/h7-8,11,13H,3-6,9-10,12H2,1-2H3. The van der Waals surface area contributed by atoms with E-state index in [1.54, 1.807) is 33.1 Å². The summed E-state index contributed by atoms with van der Waals surface area (Å²) in [5.41, 5.74) is 0.724. The van der Waals surface area contributed by atoms with Gasteiger partial charge in [-0.15, -0.1) is 11.8 Å². The first kappa shape index (κ1) is 17.8. The zero-order valence-corrected chi connectivity index (χ0v) is 15.8. The Morgan fingerprint density at radius 1 is 1.17 bits per heavy atom. The van der Waals surface area contributed by atoms with Gasteiger partial charge in [-0.25, -0.2) is 8.42 Å². The van der Waals surface area contributed by atoms with E-state index >= 15 is 0 Å². The molecule has 1 atom stereocenters. The summed E-state index contributed by atoms with van der Waals surface area (Å²) in [5, 5.41) is 0.300. The van der Waals surface area contributed by atoms with Crippen LogP contribution in [0.25, 0.3) is 0 Å². The molecule has 5 nitrogen and oxygen atoms in total. The summed E-state index contributed by atoms with van der Waals surface area (Å²) < 4.78 is 27.6. The van der Waals surface area contributed by atoms with Gasteiger partial charge in [0.15, 0.2) is 0 Å². The second-order valence-corrected chi connectivity index (χ2v) is 9.92. The van der Waals surface area contributed by atoms with Crippen molar-refractivity contribution in [3.05, 3.63) is 18.2 Å². The second kappa shape index (κ2) is 7.06. The minimum Gasteiger partial charge on any atom is -0.310 e. The summed E-state index contributed by atoms with van der Waals surface area (Å²) in [6, 6.07) is 5.20. The van der Waals surface area contributed by atoms with E-state index in [9.17, 15) is 13.2 Å². The van der Waals surface area contributed by atoms with E-state index in [-0.39, 0.29) is 5.91 Å². The molecule has 1 aromatic rings. The molecule has 0 radical (unpaired) electrons. The smallest absolute Gasteiger partial charge is 0.243 e. The van der Waals surface area contributed by atoms with Gasteiger partial charge < -0.3 is 4.90 Å². The summed E-state index contributed by atoms with van der Waals surface area (Å²) in [6.45, 7) is 5.39. The van der Waals surface area contributed by atoms with Gasteiger partial charge in [0.1, 0.15) is 0 Å². The molecule has 0 saturated carbocycles. The maximum Gasteiger partial charge on any atom is 0.243 e. The van der Waals surface area contributed by atoms with Gasteiger partial charge in [0.05, 0.1) is 10.6 Å². The van der Waals surface area contributed by atoms with Crippen molar-refractivity contribution in [1.29, 1.82) is 0 Å². The maximum absolute atomic E-state index is 13.0. The average molecular weight is 369 g/mol. The zero-order chi connectivity index (χ0) is 17.3. The van der Waals surface area contributed by atoms with Crippen LogP contribution in [0.2, 0.25) is 0 Å². The quantitative estimate of drug-likeness (QED) is 0.805. The maximum atomic E-state index is 13.0. The van der Waals surface area contributed by atoms with Crippen LogP contribution in [0.5, 0.6) is 0 Å². The van der Waals surface area contributed by atoms with Gasteiger partial charge in [-0.2, -0.15) is 4.31 Å². The molecule has 2 aliphatic rings. The van der Waals surface area contributed by atoms with Crippen LogP contribution in [0.4, 0.5) is 5.69 Å². The summed E-state index contributed by atoms with van der Waals surface area (Å²) in [4.78, 5) is 14.9. The molecule has 132 valence electrons. The molecule has 1 unspecified atom stereocenters. The van der Waals surface area contributed by atoms with E-state index in [1.807, 2.05) is 6.07 Å². The summed E-state index contributed by atoms with van der Waals surface area (Å²) in [7, 11) is -3.50. The lowest BCUT2D eigenvalue weighted by atomic mass is 10.2. The molecule has 0 aliphatic carbocycles. The van der Waals surface area contributed by atoms with Crippen molar-refractivity contribution >= 4 is 33.4 Å². The van der Waals surface area contributed by atoms with Crippen molar-refractivity contribution in [3.8, 4) is 0 Å². The van der Waals surface area contributed by atoms with Crippen LogP contribution in [0.3, 0.4) is 0 Å². The Hall–Kier alpha value is -1.05. The number of thioether (sulfide) groups is 1. The molecule has 2 aliphatic heterocycles. The number of carbonyl (C=O) groups excluding carboxylic acids is 1. The van der Waals surface area contributed by atoms with Gasteiger partial charge in [0, 0.05) is 36.7 Å². The number of amides is 1. The highest BCUT2D eigenvalue weighted by Gasteiger charge is 2.30. The van der Waals surface area contributed by atoms with Crippen molar-refractivity contribution in [1.82, 2.24) is 4.31 Å². The SMILES string of the molecule is CC(=O)N1CC(C)Sc2ccc(S(=O)(=O)N3CCCCCC3)cc21. The molecule has 3 rings (SSSR count). The molecule has 1 fully saturated rings. The molecule has 0 aromatic heterocycles. The predicted octanol–water partition coefficient (Wildman–Crippen LogP) is 3.10. The van der Waals surface area contributed by atoms with Gasteiger partial charge in [-0.05, 0) is 31.0 Å². The predicted molar refractivity (Wildman–Crippen MR) is 97.0 cm³/mol. The highest BCUT2D eigenvalue weighted by atomic mass is 32.2. The molecule has 0 bridgehead atoms. The molecule has 0 spiro atoms. The number of nitrogens with zero attached hydrogens (tertiary/aromatic N) is 2. The minimum absolute atomic E-state index is 0.0484. The van der Waals surface area contributed by atoms with Crippen molar-refractivity contribution < 1.29 is 13.2 Å². The first-order valence-electron chi connectivity index (χ1n) is 8.48. The molecular weight excluding hydrogens is 344 g/mol. The van der Waals surface area contributed by atoms with Crippen molar-refractivity contribution in [2.45, 2.75) is 54.6 Å². The summed E-state index contributed by atoms with van der Waals surface area (Å²) in [5.74, 6) is -0.0484. The number of hydrogen-bond donors (Lipinski definition) is 0. The third-order valence-electron chi connectivity index (χ3n) is 4.57. The highest BCUT2D eigenvalue weighted by Crippen LogP contribution is 2.40. The average Bonchev–Trinajstić information content (AvgIpc) is 2.83. The van der Waals surface area contributed by atoms with Crippen molar-refractivity contribution in [2.75, 3.05) is 24.5 Å². The first-order valence-corrected chi connectivity index (χ1v) is 10.8. The number of anilines is 1. The van der Waals surface area contributed by atoms with Gasteiger partial charge in [-0.3, -0.25) is 4.79 Å². The van der Waals surface area contributed by atoms with Gasteiger partial charge in [0.25, 0.3) is 0 Å². The Balaban J connectivity index is 1.98. The van der Waals surface area contributed by atoms with Crippen LogP contribution in [0.15, 0.2) is 28.0 Å². The third-order valence-corrected chi connectivity index (χ3v) is 7.62. The van der Waals surface area contributed by atoms with Gasteiger partial charge in [-0.1, -0.05) is 19.8 Å². The number of benzene rings is 1. The molecule has 1 aromatic carbocycles. The minimum atomic E-state index is -3.50. The van der Waals surface area contributed by atoms with Gasteiger partial charge >= 0.3 is 0 Å². The summed E-state index contributed by atoms with van der Waals surface area (Å²) >= 11 is 1.69. The molecule has 1 amide bonds. The lowest BCUT2D eigenvalue weighted by Crippen LogP contribution is -2.37. The van der Waals surface area contributed by atoms with Gasteiger partial charge in [0.2, 0.25) is 15.9 Å². The van der Waals surface area contributed by atoms with E-state index in [2.05, 4.69) is 6.92 Å². The normalized spacial score (nSPS) is 22.8. The molecule has 1 saturated heterocycles. The number of hydrogen-bond acceptors (Lipinski definition) is 4. The second-order valence-electron chi connectivity index (χ2n) is 6.51. The van der Waals surface area contributed by atoms with Crippen molar-refractivity contribution in [3.63, 3.8) is 0 Å². The van der Waals surface area contributed by atoms with Crippen LogP contribution in [0.1, 0.15) is 39.5 Å². The Morgan fingerprint density at radius 2 is 1.83 bits per heavy atom. The monoisotopic (exact) mass is 368 g/mol. The topological polar surface area (TPSA) is 57.7 Å². The van der Waals surface area contributed by atoms with Crippen LogP contribution >= 0.6 is 11.8 Å². The van der Waals surface area contributed by atoms with Crippen LogP contribution in [-0.2, 0) is 14.8 Å². The largest absolute Gasteiger partial charge is 0.310 e. The number of carbonyl (C=O) groups is 1. The van der Waals surface area contributed by atoms with E-state index in [0.29, 0.717) is 29.8 Å². The van der Waals surface area contributed by atoms with E-state index in [1.165, 1.54) is 6.92 Å². The number of fused-ring (bicyclic) bond motifs is 1. The van der Waals surface area contributed by atoms with E-state index in [4.69, 9.17) is 0 Å². The van der Waals surface area contributed by atoms with Crippen LogP contribution < -0.4 is 4.90 Å². The molecule has 7 heteroatoms. The Kier molecular flexibility index (Phi) is 5.22. The Morgan fingerprint density at radius 3 is 2.46 bits per heavy atom. The van der Waals surface area contributed by atoms with Crippen molar-refractivity contribution in [2.24, 2.45) is 0 Å². The van der Waals surface area contributed by atoms with E-state index < -0.39 is 10.0 Å². The number of rotatable bonds is 2. The fourth-order valence-corrected chi connectivity index (χ4v) is 5.94. The Bertz CT molecular complexity index is 725.